The van der Waals surface area contributed by atoms with Crippen molar-refractivity contribution in [3.05, 3.63) is 98.1 Å². The first-order valence-corrected chi connectivity index (χ1v) is 11.4. The van der Waals surface area contributed by atoms with Crippen molar-refractivity contribution in [2.45, 2.75) is 0 Å². The smallest absolute Gasteiger partial charge is 0.335 e. The quantitative estimate of drug-likeness (QED) is 0.392. The Bertz CT molecular complexity index is 1300. The number of carbonyl (C=O) groups is 3. The Hall–Kier alpha value is -3.37. The summed E-state index contributed by atoms with van der Waals surface area (Å²) in [4.78, 5) is 38.1. The van der Waals surface area contributed by atoms with Crippen LogP contribution >= 0.6 is 23.2 Å². The molecule has 34 heavy (non-hydrogen) atoms. The van der Waals surface area contributed by atoms with Gasteiger partial charge in [-0.15, -0.1) is 0 Å². The van der Waals surface area contributed by atoms with Crippen LogP contribution in [0.3, 0.4) is 0 Å². The number of fused-ring (bicyclic) bond motifs is 1. The first-order chi connectivity index (χ1) is 16.1. The number of carboxylic acid groups (broad SMARTS) is 1. The highest BCUT2D eigenvalue weighted by molar-refractivity contribution is 7.97. The van der Waals surface area contributed by atoms with Gasteiger partial charge in [-0.3, -0.25) is 14.6 Å². The number of nitrogens with zero attached hydrogens (tertiary/aromatic N) is 2. The number of aromatic carboxylic acids is 1. The van der Waals surface area contributed by atoms with E-state index in [1.54, 1.807) is 37.4 Å². The van der Waals surface area contributed by atoms with Crippen molar-refractivity contribution >= 4 is 64.0 Å². The number of rotatable bonds is 3. The highest BCUT2D eigenvalue weighted by Crippen LogP contribution is 2.36. The zero-order chi connectivity index (χ0) is 25.0. The average molecular weight is 518 g/mol. The summed E-state index contributed by atoms with van der Waals surface area (Å²) < 4.78 is 14.1. The van der Waals surface area contributed by atoms with Crippen LogP contribution in [0.15, 0.2) is 65.8 Å². The Labute approximate surface area is 207 Å². The molecule has 2 heterocycles. The lowest BCUT2D eigenvalue weighted by atomic mass is 10.0. The van der Waals surface area contributed by atoms with Crippen molar-refractivity contribution in [2.24, 2.45) is 5.73 Å². The SMILES string of the molecule is CN1c2ccc(C(=O)O)cc2C(=O)/C(=C/c2ccc(Cl)c(Cl)c2)[S+]1[O-].NC(=O)c1ccncc1. The van der Waals surface area contributed by atoms with Gasteiger partial charge in [-0.1, -0.05) is 29.3 Å². The minimum Gasteiger partial charge on any atom is -0.588 e. The minimum absolute atomic E-state index is 0.0120. The number of hydrogen-bond acceptors (Lipinski definition) is 6. The van der Waals surface area contributed by atoms with E-state index >= 15 is 0 Å². The number of primary amides is 1. The Kier molecular flexibility index (Phi) is 7.95. The van der Waals surface area contributed by atoms with Gasteiger partial charge in [0.05, 0.1) is 33.9 Å². The van der Waals surface area contributed by atoms with Crippen LogP contribution in [0, 0.1) is 0 Å². The number of amides is 1. The number of nitrogens with two attached hydrogens (primary N) is 1. The number of allylic oxidation sites excluding steroid dienone is 1. The zero-order valence-corrected chi connectivity index (χ0v) is 19.9. The molecule has 0 spiro atoms. The van der Waals surface area contributed by atoms with Crippen molar-refractivity contribution < 1.29 is 24.0 Å². The molecular weight excluding hydrogens is 501 g/mol. The van der Waals surface area contributed by atoms with Crippen LogP contribution in [0.5, 0.6) is 0 Å². The van der Waals surface area contributed by atoms with E-state index in [2.05, 4.69) is 4.98 Å². The molecule has 0 fully saturated rings. The normalized spacial score (nSPS) is 15.9. The van der Waals surface area contributed by atoms with Crippen LogP contribution in [0.25, 0.3) is 6.08 Å². The lowest BCUT2D eigenvalue weighted by Crippen LogP contribution is -2.36. The van der Waals surface area contributed by atoms with Crippen LogP contribution in [-0.4, -0.2) is 39.4 Å². The number of pyridine rings is 1. The average Bonchev–Trinajstić information content (AvgIpc) is 2.83. The topological polar surface area (TPSA) is 137 Å². The van der Waals surface area contributed by atoms with Gasteiger partial charge in [-0.2, -0.15) is 4.31 Å². The molecule has 3 N–H and O–H groups in total. The number of hydrogen-bond donors (Lipinski definition) is 2. The lowest BCUT2D eigenvalue weighted by molar-refractivity contribution is 0.0696. The molecule has 0 saturated carbocycles. The predicted molar refractivity (Wildman–Crippen MR) is 131 cm³/mol. The number of carbonyl (C=O) groups excluding carboxylic acids is 2. The van der Waals surface area contributed by atoms with Gasteiger partial charge in [0.2, 0.25) is 16.6 Å². The monoisotopic (exact) mass is 517 g/mol. The summed E-state index contributed by atoms with van der Waals surface area (Å²) in [6.45, 7) is 0. The Morgan fingerprint density at radius 2 is 1.74 bits per heavy atom. The van der Waals surface area contributed by atoms with Crippen molar-refractivity contribution in [3.8, 4) is 0 Å². The molecule has 1 atom stereocenters. The predicted octanol–water partition coefficient (Wildman–Crippen LogP) is 4.21. The van der Waals surface area contributed by atoms with Gasteiger partial charge in [0.1, 0.15) is 11.4 Å². The highest BCUT2D eigenvalue weighted by atomic mass is 35.5. The molecule has 1 aliphatic rings. The van der Waals surface area contributed by atoms with Crippen molar-refractivity contribution in [1.29, 1.82) is 0 Å². The van der Waals surface area contributed by atoms with Gasteiger partial charge in [-0.05, 0) is 48.0 Å². The summed E-state index contributed by atoms with van der Waals surface area (Å²) >= 11 is 10.1. The van der Waals surface area contributed by atoms with E-state index in [0.29, 0.717) is 26.9 Å². The molecule has 1 amide bonds. The third-order valence-electron chi connectivity index (χ3n) is 4.69. The summed E-state index contributed by atoms with van der Waals surface area (Å²) in [6.07, 6.45) is 4.52. The number of anilines is 1. The largest absolute Gasteiger partial charge is 0.588 e. The van der Waals surface area contributed by atoms with E-state index in [0.717, 1.165) is 0 Å². The van der Waals surface area contributed by atoms with Gasteiger partial charge < -0.3 is 15.4 Å². The third-order valence-corrected chi connectivity index (χ3v) is 6.81. The summed E-state index contributed by atoms with van der Waals surface area (Å²) in [5.41, 5.74) is 6.60. The molecule has 174 valence electrons. The molecule has 0 radical (unpaired) electrons. The number of benzene rings is 2. The fourth-order valence-corrected chi connectivity index (χ4v) is 4.40. The van der Waals surface area contributed by atoms with Crippen LogP contribution < -0.4 is 10.0 Å². The van der Waals surface area contributed by atoms with Crippen molar-refractivity contribution in [3.63, 3.8) is 0 Å². The maximum Gasteiger partial charge on any atom is 0.335 e. The lowest BCUT2D eigenvalue weighted by Gasteiger charge is -2.29. The second-order valence-electron chi connectivity index (χ2n) is 6.90. The van der Waals surface area contributed by atoms with E-state index in [9.17, 15) is 18.9 Å². The molecule has 3 aromatic rings. The maximum atomic E-state index is 12.8. The molecule has 11 heteroatoms. The zero-order valence-electron chi connectivity index (χ0n) is 17.6. The number of ketones is 1. The Morgan fingerprint density at radius 1 is 1.06 bits per heavy atom. The van der Waals surface area contributed by atoms with E-state index in [-0.39, 0.29) is 16.0 Å². The third kappa shape index (κ3) is 5.57. The number of aromatic nitrogens is 1. The van der Waals surface area contributed by atoms with Crippen molar-refractivity contribution in [1.82, 2.24) is 4.98 Å². The number of halogens is 2. The first-order valence-electron chi connectivity index (χ1n) is 9.54. The molecule has 0 saturated heterocycles. The standard InChI is InChI=1S/C17H11Cl2NO4S.C6H6N2O/c1-20-14-5-3-10(17(22)23)8-11(14)16(21)15(25(20)24)7-9-2-4-12(18)13(19)6-9;7-6(9)5-1-3-8-4-2-5/h2-8H,1H3,(H,22,23);1-4H,(H2,7,9)/b15-7-;. The van der Waals surface area contributed by atoms with Crippen LogP contribution in [0.1, 0.15) is 36.6 Å². The molecule has 1 unspecified atom stereocenters. The van der Waals surface area contributed by atoms with Gasteiger partial charge in [-0.25, -0.2) is 4.79 Å². The van der Waals surface area contributed by atoms with Gasteiger partial charge in [0, 0.05) is 24.0 Å². The van der Waals surface area contributed by atoms with Gasteiger partial charge in [0.15, 0.2) is 0 Å². The maximum absolute atomic E-state index is 12.8. The van der Waals surface area contributed by atoms with Crippen molar-refractivity contribution in [2.75, 3.05) is 11.4 Å². The Balaban J connectivity index is 0.000000302. The summed E-state index contributed by atoms with van der Waals surface area (Å²) in [5.74, 6) is -2.04. The van der Waals surface area contributed by atoms with Crippen LogP contribution in [0.4, 0.5) is 5.69 Å². The first kappa shape index (κ1) is 25.3. The minimum atomic E-state index is -1.72. The molecule has 0 aliphatic carbocycles. The van der Waals surface area contributed by atoms with Gasteiger partial charge >= 0.3 is 5.97 Å². The molecular formula is C23H17Cl2N3O5S. The van der Waals surface area contributed by atoms with Crippen LogP contribution in [-0.2, 0) is 11.4 Å². The second kappa shape index (κ2) is 10.7. The molecule has 1 aromatic heterocycles. The Morgan fingerprint density at radius 3 is 2.29 bits per heavy atom. The molecule has 4 rings (SSSR count). The van der Waals surface area contributed by atoms with E-state index < -0.39 is 29.0 Å². The molecule has 0 bridgehead atoms. The van der Waals surface area contributed by atoms with Gasteiger partial charge in [0.25, 0.3) is 0 Å². The molecule has 8 nitrogen and oxygen atoms in total. The van der Waals surface area contributed by atoms with E-state index in [1.807, 2.05) is 0 Å². The summed E-state index contributed by atoms with van der Waals surface area (Å²) in [5, 5.41) is 9.80. The highest BCUT2D eigenvalue weighted by Gasteiger charge is 2.38. The summed E-state index contributed by atoms with van der Waals surface area (Å²) in [6, 6.07) is 12.1. The number of carboxylic acids is 1. The molecule has 2 aromatic carbocycles. The number of Topliss-reactive ketones (excluding diaryl/α,β-unsaturated/α-hetero) is 1. The summed E-state index contributed by atoms with van der Waals surface area (Å²) in [7, 11) is 1.57. The second-order valence-corrected chi connectivity index (χ2v) is 9.20. The van der Waals surface area contributed by atoms with E-state index in [4.69, 9.17) is 34.0 Å². The van der Waals surface area contributed by atoms with Crippen LogP contribution in [0.2, 0.25) is 10.0 Å². The van der Waals surface area contributed by atoms with E-state index in [1.165, 1.54) is 41.0 Å². The molecule has 1 aliphatic heterocycles. The fourth-order valence-electron chi connectivity index (χ4n) is 2.96. The fraction of sp³-hybridized carbons (Fsp3) is 0.0435.